The van der Waals surface area contributed by atoms with Crippen molar-refractivity contribution in [2.24, 2.45) is 0 Å². The van der Waals surface area contributed by atoms with Gasteiger partial charge in [-0.05, 0) is 32.0 Å². The van der Waals surface area contributed by atoms with Crippen molar-refractivity contribution >= 4 is 28.3 Å². The molecule has 0 unspecified atom stereocenters. The van der Waals surface area contributed by atoms with Gasteiger partial charge in [-0.15, -0.1) is 11.3 Å². The van der Waals surface area contributed by atoms with Crippen LogP contribution in [0.15, 0.2) is 36.1 Å². The van der Waals surface area contributed by atoms with Crippen LogP contribution in [0, 0.1) is 0 Å². The summed E-state index contributed by atoms with van der Waals surface area (Å²) in [5.74, 6) is -0.938. The highest BCUT2D eigenvalue weighted by molar-refractivity contribution is 7.09. The number of carboxylic acid groups (broad SMARTS) is 1. The van der Waals surface area contributed by atoms with Crippen molar-refractivity contribution in [1.82, 2.24) is 14.5 Å². The molecule has 0 atom stereocenters. The van der Waals surface area contributed by atoms with Gasteiger partial charge < -0.3 is 9.67 Å². The molecule has 0 saturated heterocycles. The van der Waals surface area contributed by atoms with E-state index in [1.165, 1.54) is 0 Å². The van der Waals surface area contributed by atoms with Crippen LogP contribution in [0.1, 0.15) is 29.2 Å². The number of aromatic nitrogens is 3. The first-order chi connectivity index (χ1) is 9.50. The fraction of sp³-hybridized carbons (Fsp3) is 0.214. The third-order valence-corrected chi connectivity index (χ3v) is 4.44. The highest BCUT2D eigenvalue weighted by Crippen LogP contribution is 2.30. The van der Waals surface area contributed by atoms with E-state index >= 15 is 0 Å². The molecule has 3 aromatic rings. The Morgan fingerprint density at radius 3 is 2.80 bits per heavy atom. The van der Waals surface area contributed by atoms with E-state index in [2.05, 4.69) is 9.97 Å². The monoisotopic (exact) mass is 287 g/mol. The summed E-state index contributed by atoms with van der Waals surface area (Å²) in [6, 6.07) is 4.95. The molecule has 0 aliphatic carbocycles. The maximum Gasteiger partial charge on any atom is 0.335 e. The van der Waals surface area contributed by atoms with Crippen molar-refractivity contribution in [3.63, 3.8) is 0 Å². The first-order valence-electron chi connectivity index (χ1n) is 6.11. The Labute approximate surface area is 119 Å². The first-order valence-corrected chi connectivity index (χ1v) is 6.99. The van der Waals surface area contributed by atoms with Crippen LogP contribution in [0.3, 0.4) is 0 Å². The minimum absolute atomic E-state index is 0.259. The van der Waals surface area contributed by atoms with E-state index in [9.17, 15) is 4.79 Å². The lowest BCUT2D eigenvalue weighted by atomic mass is 10.1. The summed E-state index contributed by atoms with van der Waals surface area (Å²) in [5.41, 5.74) is 1.46. The molecule has 0 bridgehead atoms. The van der Waals surface area contributed by atoms with Crippen molar-refractivity contribution in [1.29, 1.82) is 0 Å². The first kappa shape index (κ1) is 12.8. The lowest BCUT2D eigenvalue weighted by molar-refractivity contribution is 0.0697. The largest absolute Gasteiger partial charge is 0.478 e. The molecule has 0 aliphatic rings. The fourth-order valence-electron chi connectivity index (χ4n) is 2.21. The molecule has 0 amide bonds. The van der Waals surface area contributed by atoms with Gasteiger partial charge >= 0.3 is 5.97 Å². The number of hydrogen-bond donors (Lipinski definition) is 1. The number of carbonyl (C=O) groups is 1. The summed E-state index contributed by atoms with van der Waals surface area (Å²) in [7, 11) is 0. The number of benzene rings is 1. The third-order valence-electron chi connectivity index (χ3n) is 3.35. The Morgan fingerprint density at radius 2 is 2.15 bits per heavy atom. The molecular weight excluding hydrogens is 274 g/mol. The van der Waals surface area contributed by atoms with Gasteiger partial charge in [0.05, 0.1) is 28.5 Å². The molecular formula is C14H13N3O2S. The van der Waals surface area contributed by atoms with Gasteiger partial charge in [-0.1, -0.05) is 0 Å². The smallest absolute Gasteiger partial charge is 0.335 e. The lowest BCUT2D eigenvalue weighted by Crippen LogP contribution is -2.26. The summed E-state index contributed by atoms with van der Waals surface area (Å²) in [6.07, 6.45) is 3.50. The van der Waals surface area contributed by atoms with Crippen molar-refractivity contribution in [3.8, 4) is 0 Å². The Morgan fingerprint density at radius 1 is 1.35 bits per heavy atom. The van der Waals surface area contributed by atoms with Gasteiger partial charge in [0, 0.05) is 11.6 Å². The normalized spacial score (nSPS) is 11.9. The number of aromatic carboxylic acids is 1. The van der Waals surface area contributed by atoms with Crippen molar-refractivity contribution < 1.29 is 9.90 Å². The molecule has 5 nitrogen and oxygen atoms in total. The molecule has 2 heterocycles. The van der Waals surface area contributed by atoms with Crippen LogP contribution in [0.5, 0.6) is 0 Å². The van der Waals surface area contributed by atoms with Crippen LogP contribution in [-0.4, -0.2) is 25.6 Å². The quantitative estimate of drug-likeness (QED) is 0.804. The van der Waals surface area contributed by atoms with Crippen LogP contribution >= 0.6 is 11.3 Å². The van der Waals surface area contributed by atoms with E-state index in [1.54, 1.807) is 42.1 Å². The predicted octanol–water partition coefficient (Wildman–Crippen LogP) is 2.97. The summed E-state index contributed by atoms with van der Waals surface area (Å²) in [6.45, 7) is 4.08. The number of hydrogen-bond acceptors (Lipinski definition) is 4. The average molecular weight is 287 g/mol. The van der Waals surface area contributed by atoms with Gasteiger partial charge in [-0.2, -0.15) is 0 Å². The zero-order chi connectivity index (χ0) is 14.3. The predicted molar refractivity (Wildman–Crippen MR) is 77.2 cm³/mol. The number of fused-ring (bicyclic) bond motifs is 1. The highest BCUT2D eigenvalue weighted by Gasteiger charge is 2.27. The average Bonchev–Trinajstić information content (AvgIpc) is 3.07. The summed E-state index contributed by atoms with van der Waals surface area (Å²) < 4.78 is 1.97. The van der Waals surface area contributed by atoms with Gasteiger partial charge in [0.1, 0.15) is 5.01 Å². The van der Waals surface area contributed by atoms with E-state index in [0.29, 0.717) is 0 Å². The van der Waals surface area contributed by atoms with Crippen LogP contribution in [0.4, 0.5) is 0 Å². The maximum absolute atomic E-state index is 11.1. The van der Waals surface area contributed by atoms with E-state index in [-0.39, 0.29) is 11.1 Å². The van der Waals surface area contributed by atoms with Crippen LogP contribution < -0.4 is 0 Å². The highest BCUT2D eigenvalue weighted by atomic mass is 32.1. The van der Waals surface area contributed by atoms with Gasteiger partial charge in [0.15, 0.2) is 0 Å². The molecule has 3 rings (SSSR count). The zero-order valence-corrected chi connectivity index (χ0v) is 11.9. The third kappa shape index (κ3) is 1.89. The molecule has 0 aliphatic heterocycles. The summed E-state index contributed by atoms with van der Waals surface area (Å²) in [4.78, 5) is 19.8. The second kappa shape index (κ2) is 4.42. The van der Waals surface area contributed by atoms with Gasteiger partial charge in [0.2, 0.25) is 0 Å². The number of thiazole rings is 1. The molecule has 0 spiro atoms. The number of nitrogens with zero attached hydrogens (tertiary/aromatic N) is 3. The van der Waals surface area contributed by atoms with Crippen molar-refractivity contribution in [2.75, 3.05) is 0 Å². The minimum atomic E-state index is -0.938. The van der Waals surface area contributed by atoms with Gasteiger partial charge in [0.25, 0.3) is 0 Å². The van der Waals surface area contributed by atoms with E-state index in [4.69, 9.17) is 5.11 Å². The summed E-state index contributed by atoms with van der Waals surface area (Å²) >= 11 is 1.57. The fourth-order valence-corrected chi connectivity index (χ4v) is 2.97. The number of imidazole rings is 1. The van der Waals surface area contributed by atoms with Crippen molar-refractivity contribution in [2.45, 2.75) is 19.4 Å². The molecule has 1 N–H and O–H groups in total. The molecule has 0 radical (unpaired) electrons. The molecule has 0 fully saturated rings. The SMILES string of the molecule is CC(C)(c1nccs1)n1cnc2ccc(C(=O)O)cc21. The maximum atomic E-state index is 11.1. The lowest BCUT2D eigenvalue weighted by Gasteiger charge is -2.25. The van der Waals surface area contributed by atoms with Gasteiger partial charge in [-0.25, -0.2) is 14.8 Å². The minimum Gasteiger partial charge on any atom is -0.478 e. The Kier molecular flexibility index (Phi) is 2.83. The Balaban J connectivity index is 2.21. The molecule has 6 heteroatoms. The molecule has 102 valence electrons. The summed E-state index contributed by atoms with van der Waals surface area (Å²) in [5, 5.41) is 12.0. The molecule has 2 aromatic heterocycles. The standard InChI is InChI=1S/C14H13N3O2S/c1-14(2,13-15-5-6-20-13)17-8-16-10-4-3-9(12(18)19)7-11(10)17/h3-8H,1-2H3,(H,18,19). The van der Waals surface area contributed by atoms with E-state index in [0.717, 1.165) is 16.0 Å². The zero-order valence-electron chi connectivity index (χ0n) is 11.1. The van der Waals surface area contributed by atoms with Crippen LogP contribution in [0.25, 0.3) is 11.0 Å². The second-order valence-electron chi connectivity index (χ2n) is 5.02. The van der Waals surface area contributed by atoms with Gasteiger partial charge in [-0.3, -0.25) is 0 Å². The van der Waals surface area contributed by atoms with Crippen LogP contribution in [0.2, 0.25) is 0 Å². The van der Waals surface area contributed by atoms with Crippen molar-refractivity contribution in [3.05, 3.63) is 46.7 Å². The van der Waals surface area contributed by atoms with E-state index < -0.39 is 5.97 Å². The number of rotatable bonds is 3. The molecule has 0 saturated carbocycles. The molecule has 1 aromatic carbocycles. The second-order valence-corrected chi connectivity index (χ2v) is 5.91. The topological polar surface area (TPSA) is 68.0 Å². The van der Waals surface area contributed by atoms with Crippen LogP contribution in [-0.2, 0) is 5.54 Å². The number of carboxylic acids is 1. The Hall–Kier alpha value is -2.21. The Bertz CT molecular complexity index is 775. The van der Waals surface area contributed by atoms with E-state index in [1.807, 2.05) is 23.8 Å². The molecule has 20 heavy (non-hydrogen) atoms.